The van der Waals surface area contributed by atoms with E-state index in [1.54, 1.807) is 6.08 Å². The van der Waals surface area contributed by atoms with Crippen LogP contribution < -0.4 is 21.9 Å². The number of carbonyl (C=O) groups is 1. The van der Waals surface area contributed by atoms with E-state index in [2.05, 4.69) is 4.98 Å². The van der Waals surface area contributed by atoms with Gasteiger partial charge in [-0.2, -0.15) is 0 Å². The Morgan fingerprint density at radius 3 is 2.63 bits per heavy atom. The minimum atomic E-state index is -0.706. The smallest absolute Gasteiger partial charge is 0.330 e. The van der Waals surface area contributed by atoms with Gasteiger partial charge in [-0.1, -0.05) is 36.4 Å². The molecule has 0 radical (unpaired) electrons. The van der Waals surface area contributed by atoms with Gasteiger partial charge in [0, 0.05) is 18.0 Å². The Morgan fingerprint density at radius 1 is 1.22 bits per heavy atom. The fraction of sp³-hybridized carbons (Fsp3) is 0.105. The molecular formula is C19H18N4O3S. The molecule has 7 nitrogen and oxygen atoms in total. The number of nitrogen functional groups attached to an aromatic ring is 1. The maximum Gasteiger partial charge on any atom is 0.330 e. The van der Waals surface area contributed by atoms with Crippen LogP contribution in [0.25, 0.3) is 6.08 Å². The van der Waals surface area contributed by atoms with Crippen molar-refractivity contribution >= 4 is 34.8 Å². The number of carbonyl (C=O) groups excluding carboxylic acids is 1. The molecule has 3 rings (SSSR count). The highest BCUT2D eigenvalue weighted by molar-refractivity contribution is 7.10. The van der Waals surface area contributed by atoms with Crippen molar-refractivity contribution in [2.24, 2.45) is 0 Å². The number of hydrogen-bond donors (Lipinski definition) is 2. The third kappa shape index (κ3) is 4.06. The van der Waals surface area contributed by atoms with E-state index in [0.717, 1.165) is 15.3 Å². The van der Waals surface area contributed by atoms with E-state index in [-0.39, 0.29) is 18.1 Å². The third-order valence-corrected chi connectivity index (χ3v) is 4.83. The molecule has 3 N–H and O–H groups in total. The second-order valence-electron chi connectivity index (χ2n) is 5.81. The highest BCUT2D eigenvalue weighted by atomic mass is 32.1. The standard InChI is InChI=1S/C19H18N4O3S/c1-22(15(24)10-9-14-8-5-11-27-14)16-17(20)23(19(26)21-18(16)25)12-13-6-3-2-4-7-13/h2-11H,12,20H2,1H3,(H,21,25,26)/b10-9+. The zero-order chi connectivity index (χ0) is 19.4. The van der Waals surface area contributed by atoms with E-state index < -0.39 is 17.2 Å². The number of rotatable bonds is 5. The molecule has 2 heterocycles. The lowest BCUT2D eigenvalue weighted by Gasteiger charge is -2.19. The van der Waals surface area contributed by atoms with Crippen LogP contribution >= 0.6 is 11.3 Å². The summed E-state index contributed by atoms with van der Waals surface area (Å²) in [5.41, 5.74) is 5.54. The first-order valence-electron chi connectivity index (χ1n) is 8.13. The predicted molar refractivity (Wildman–Crippen MR) is 108 cm³/mol. The predicted octanol–water partition coefficient (Wildman–Crippen LogP) is 1.90. The van der Waals surface area contributed by atoms with Crippen LogP contribution in [0.3, 0.4) is 0 Å². The number of hydrogen-bond acceptors (Lipinski definition) is 5. The number of amides is 1. The fourth-order valence-electron chi connectivity index (χ4n) is 2.59. The van der Waals surface area contributed by atoms with Gasteiger partial charge in [0.15, 0.2) is 5.69 Å². The lowest BCUT2D eigenvalue weighted by atomic mass is 10.2. The molecule has 1 aromatic carbocycles. The number of benzene rings is 1. The third-order valence-electron chi connectivity index (χ3n) is 4.00. The summed E-state index contributed by atoms with van der Waals surface area (Å²) in [6, 6.07) is 13.0. The van der Waals surface area contributed by atoms with Crippen molar-refractivity contribution in [2.75, 3.05) is 17.7 Å². The molecule has 0 aliphatic rings. The fourth-order valence-corrected chi connectivity index (χ4v) is 3.20. The first-order valence-corrected chi connectivity index (χ1v) is 9.01. The summed E-state index contributed by atoms with van der Waals surface area (Å²) < 4.78 is 1.23. The second kappa shape index (κ2) is 7.88. The highest BCUT2D eigenvalue weighted by Gasteiger charge is 2.19. The summed E-state index contributed by atoms with van der Waals surface area (Å²) in [6.07, 6.45) is 3.02. The van der Waals surface area contributed by atoms with E-state index >= 15 is 0 Å². The Balaban J connectivity index is 1.95. The van der Waals surface area contributed by atoms with Crippen LogP contribution in [0.5, 0.6) is 0 Å². The van der Waals surface area contributed by atoms with Gasteiger partial charge in [-0.3, -0.25) is 19.1 Å². The van der Waals surface area contributed by atoms with Crippen molar-refractivity contribution < 1.29 is 4.79 Å². The molecule has 3 aromatic rings. The maximum absolute atomic E-state index is 12.4. The minimum Gasteiger partial charge on any atom is -0.383 e. The van der Waals surface area contributed by atoms with Gasteiger partial charge in [-0.15, -0.1) is 11.3 Å². The number of nitrogens with one attached hydrogen (secondary N) is 1. The molecule has 0 fully saturated rings. The first-order chi connectivity index (χ1) is 13.0. The van der Waals surface area contributed by atoms with E-state index in [1.165, 1.54) is 29.0 Å². The number of anilines is 2. The maximum atomic E-state index is 12.4. The van der Waals surface area contributed by atoms with Crippen LogP contribution in [0.1, 0.15) is 10.4 Å². The summed E-state index contributed by atoms with van der Waals surface area (Å²) in [7, 11) is 1.44. The largest absolute Gasteiger partial charge is 0.383 e. The van der Waals surface area contributed by atoms with Gasteiger partial charge in [0.25, 0.3) is 11.5 Å². The van der Waals surface area contributed by atoms with Crippen molar-refractivity contribution in [1.82, 2.24) is 9.55 Å². The average Bonchev–Trinajstić information content (AvgIpc) is 3.17. The molecule has 2 aromatic heterocycles. The molecule has 0 aliphatic heterocycles. The lowest BCUT2D eigenvalue weighted by molar-refractivity contribution is -0.113. The summed E-state index contributed by atoms with van der Waals surface area (Å²) in [5, 5.41) is 1.90. The van der Waals surface area contributed by atoms with E-state index in [9.17, 15) is 14.4 Å². The average molecular weight is 382 g/mol. The van der Waals surface area contributed by atoms with Crippen molar-refractivity contribution in [1.29, 1.82) is 0 Å². The molecule has 0 saturated heterocycles. The Morgan fingerprint density at radius 2 is 1.96 bits per heavy atom. The summed E-state index contributed by atoms with van der Waals surface area (Å²) >= 11 is 1.49. The van der Waals surface area contributed by atoms with Gasteiger partial charge in [0.2, 0.25) is 0 Å². The van der Waals surface area contributed by atoms with Crippen LogP contribution in [0, 0.1) is 0 Å². The molecule has 0 spiro atoms. The van der Waals surface area contributed by atoms with Gasteiger partial charge in [0.05, 0.1) is 6.54 Å². The number of likely N-dealkylation sites (N-methyl/N-ethyl adjacent to an activating group) is 1. The molecule has 0 unspecified atom stereocenters. The first kappa shape index (κ1) is 18.4. The van der Waals surface area contributed by atoms with Crippen LogP contribution in [0.2, 0.25) is 0 Å². The van der Waals surface area contributed by atoms with Gasteiger partial charge >= 0.3 is 5.69 Å². The molecule has 138 valence electrons. The molecule has 0 atom stereocenters. The quantitative estimate of drug-likeness (QED) is 0.658. The van der Waals surface area contributed by atoms with E-state index in [4.69, 9.17) is 5.73 Å². The van der Waals surface area contributed by atoms with Crippen molar-refractivity contribution in [3.63, 3.8) is 0 Å². The van der Waals surface area contributed by atoms with E-state index in [1.807, 2.05) is 47.8 Å². The van der Waals surface area contributed by atoms with Crippen molar-refractivity contribution in [3.05, 3.63) is 85.2 Å². The number of thiophene rings is 1. The molecule has 27 heavy (non-hydrogen) atoms. The monoisotopic (exact) mass is 382 g/mol. The molecule has 8 heteroatoms. The molecule has 1 amide bonds. The zero-order valence-electron chi connectivity index (χ0n) is 14.6. The highest BCUT2D eigenvalue weighted by Crippen LogP contribution is 2.17. The summed E-state index contributed by atoms with van der Waals surface area (Å²) in [5.74, 6) is -0.488. The topological polar surface area (TPSA) is 101 Å². The Bertz CT molecular complexity index is 1080. The number of nitrogens with zero attached hydrogens (tertiary/aromatic N) is 2. The van der Waals surface area contributed by atoms with Crippen LogP contribution in [-0.2, 0) is 11.3 Å². The van der Waals surface area contributed by atoms with Crippen molar-refractivity contribution in [3.8, 4) is 0 Å². The lowest BCUT2D eigenvalue weighted by Crippen LogP contribution is -2.39. The number of aromatic nitrogens is 2. The number of aromatic amines is 1. The van der Waals surface area contributed by atoms with Crippen LogP contribution in [0.15, 0.2) is 63.5 Å². The van der Waals surface area contributed by atoms with Crippen LogP contribution in [-0.4, -0.2) is 22.5 Å². The van der Waals surface area contributed by atoms with Crippen LogP contribution in [0.4, 0.5) is 11.5 Å². The minimum absolute atomic E-state index is 0.0621. The summed E-state index contributed by atoms with van der Waals surface area (Å²) in [4.78, 5) is 41.2. The Hall–Kier alpha value is -3.39. The summed E-state index contributed by atoms with van der Waals surface area (Å²) in [6.45, 7) is 0.183. The van der Waals surface area contributed by atoms with E-state index in [0.29, 0.717) is 0 Å². The zero-order valence-corrected chi connectivity index (χ0v) is 15.4. The van der Waals surface area contributed by atoms with Crippen molar-refractivity contribution in [2.45, 2.75) is 6.54 Å². The number of nitrogens with two attached hydrogens (primary N) is 1. The SMILES string of the molecule is CN(C(=O)/C=C/c1cccs1)c1c(N)n(Cc2ccccc2)c(=O)[nH]c1=O. The molecule has 0 bridgehead atoms. The van der Waals surface area contributed by atoms with Gasteiger partial charge in [-0.25, -0.2) is 4.79 Å². The van der Waals surface area contributed by atoms with Gasteiger partial charge in [0.1, 0.15) is 5.82 Å². The Labute approximate surface area is 159 Å². The second-order valence-corrected chi connectivity index (χ2v) is 6.79. The normalized spacial score (nSPS) is 11.0. The molecule has 0 aliphatic carbocycles. The van der Waals surface area contributed by atoms with Gasteiger partial charge in [-0.05, 0) is 23.1 Å². The number of H-pyrrole nitrogens is 1. The molecular weight excluding hydrogens is 364 g/mol. The molecule has 0 saturated carbocycles. The Kier molecular flexibility index (Phi) is 5.37. The van der Waals surface area contributed by atoms with Gasteiger partial charge < -0.3 is 10.6 Å².